The van der Waals surface area contributed by atoms with E-state index in [0.29, 0.717) is 12.5 Å². The van der Waals surface area contributed by atoms with Crippen LogP contribution in [0.25, 0.3) is 0 Å². The predicted molar refractivity (Wildman–Crippen MR) is 100 cm³/mol. The van der Waals surface area contributed by atoms with Gasteiger partial charge >= 0.3 is 0 Å². The van der Waals surface area contributed by atoms with Crippen LogP contribution in [-0.2, 0) is 23.3 Å². The van der Waals surface area contributed by atoms with Gasteiger partial charge in [-0.25, -0.2) is 0 Å². The monoisotopic (exact) mass is 334 g/mol. The second kappa shape index (κ2) is 6.64. The molecule has 2 aliphatic carbocycles. The van der Waals surface area contributed by atoms with Gasteiger partial charge in [0.1, 0.15) is 5.66 Å². The zero-order valence-electron chi connectivity index (χ0n) is 14.8. The molecule has 2 aromatic carbocycles. The van der Waals surface area contributed by atoms with Gasteiger partial charge in [0.25, 0.3) is 0 Å². The summed E-state index contributed by atoms with van der Waals surface area (Å²) in [5.41, 5.74) is 4.96. The molecule has 2 atom stereocenters. The van der Waals surface area contributed by atoms with Gasteiger partial charge in [-0.2, -0.15) is 0 Å². The van der Waals surface area contributed by atoms with Gasteiger partial charge in [0, 0.05) is 12.5 Å². The van der Waals surface area contributed by atoms with Crippen LogP contribution in [0.1, 0.15) is 60.9 Å². The van der Waals surface area contributed by atoms with Gasteiger partial charge in [-0.3, -0.25) is 10.1 Å². The lowest BCUT2D eigenvalue weighted by molar-refractivity contribution is -0.123. The van der Waals surface area contributed by atoms with Crippen molar-refractivity contribution in [3.63, 3.8) is 0 Å². The quantitative estimate of drug-likeness (QED) is 0.812. The van der Waals surface area contributed by atoms with Crippen LogP contribution in [0.15, 0.2) is 48.5 Å². The molecule has 1 amide bonds. The van der Waals surface area contributed by atoms with Gasteiger partial charge in [-0.05, 0) is 54.4 Å². The highest BCUT2D eigenvalue weighted by Gasteiger charge is 2.42. The van der Waals surface area contributed by atoms with Crippen LogP contribution in [-0.4, -0.2) is 5.91 Å². The van der Waals surface area contributed by atoms with Crippen LogP contribution in [0.3, 0.4) is 0 Å². The second-order valence-corrected chi connectivity index (χ2v) is 7.30. The second-order valence-electron chi connectivity index (χ2n) is 7.30. The molecule has 3 heteroatoms. The minimum atomic E-state index is -0.440. The van der Waals surface area contributed by atoms with Crippen LogP contribution in [0.2, 0.25) is 0 Å². The third-order valence-corrected chi connectivity index (χ3v) is 5.63. The first-order valence-corrected chi connectivity index (χ1v) is 9.47. The Balaban J connectivity index is 1.67. The number of hydrogen-bond donors (Lipinski definition) is 2. The van der Waals surface area contributed by atoms with Gasteiger partial charge < -0.3 is 5.32 Å². The number of aryl methyl sites for hydroxylation is 2. The first-order valence-electron chi connectivity index (χ1n) is 9.47. The largest absolute Gasteiger partial charge is 0.334 e. The Morgan fingerprint density at radius 2 is 1.84 bits per heavy atom. The number of amides is 1. The van der Waals surface area contributed by atoms with E-state index in [9.17, 15) is 4.79 Å². The van der Waals surface area contributed by atoms with Gasteiger partial charge in [0.15, 0.2) is 0 Å². The Hall–Kier alpha value is -2.13. The van der Waals surface area contributed by atoms with Crippen molar-refractivity contribution < 1.29 is 4.79 Å². The Morgan fingerprint density at radius 3 is 2.68 bits per heavy atom. The molecule has 2 aromatic rings. The Kier molecular flexibility index (Phi) is 4.34. The van der Waals surface area contributed by atoms with Crippen molar-refractivity contribution in [2.75, 3.05) is 0 Å². The van der Waals surface area contributed by atoms with E-state index in [4.69, 9.17) is 0 Å². The third kappa shape index (κ3) is 2.98. The molecule has 0 spiro atoms. The van der Waals surface area contributed by atoms with Crippen molar-refractivity contribution in [3.8, 4) is 0 Å². The average molecular weight is 334 g/mol. The van der Waals surface area contributed by atoms with E-state index in [2.05, 4.69) is 66.1 Å². The highest BCUT2D eigenvalue weighted by molar-refractivity contribution is 5.77. The smallest absolute Gasteiger partial charge is 0.221 e. The van der Waals surface area contributed by atoms with E-state index in [1.807, 2.05) is 0 Å². The van der Waals surface area contributed by atoms with E-state index in [0.717, 1.165) is 32.1 Å². The molecule has 130 valence electrons. The molecule has 0 heterocycles. The van der Waals surface area contributed by atoms with Gasteiger partial charge in [-0.1, -0.05) is 55.5 Å². The number of benzene rings is 2. The van der Waals surface area contributed by atoms with E-state index in [-0.39, 0.29) is 5.91 Å². The van der Waals surface area contributed by atoms with E-state index >= 15 is 0 Å². The Labute approximate surface area is 149 Å². The topological polar surface area (TPSA) is 41.1 Å². The van der Waals surface area contributed by atoms with E-state index in [1.165, 1.54) is 22.3 Å². The number of nitrogens with one attached hydrogen (secondary N) is 2. The van der Waals surface area contributed by atoms with Crippen molar-refractivity contribution in [2.45, 2.75) is 57.2 Å². The van der Waals surface area contributed by atoms with Crippen LogP contribution < -0.4 is 10.6 Å². The first kappa shape index (κ1) is 16.3. The predicted octanol–water partition coefficient (Wildman–Crippen LogP) is 3.98. The zero-order chi connectivity index (χ0) is 17.3. The minimum Gasteiger partial charge on any atom is -0.334 e. The molecule has 0 saturated carbocycles. The fraction of sp³-hybridized carbons (Fsp3) is 0.409. The molecule has 25 heavy (non-hydrogen) atoms. The molecule has 0 bridgehead atoms. The van der Waals surface area contributed by atoms with Crippen molar-refractivity contribution >= 4 is 5.91 Å². The number of carbonyl (C=O) groups is 1. The maximum absolute atomic E-state index is 12.5. The number of carbonyl (C=O) groups excluding carboxylic acids is 1. The summed E-state index contributed by atoms with van der Waals surface area (Å²) in [7, 11) is 0. The third-order valence-electron chi connectivity index (χ3n) is 5.63. The Morgan fingerprint density at radius 1 is 1.08 bits per heavy atom. The molecular formula is C22H26N2O. The van der Waals surface area contributed by atoms with Gasteiger partial charge in [0.05, 0.1) is 0 Å². The molecule has 0 saturated heterocycles. The van der Waals surface area contributed by atoms with Crippen LogP contribution in [0, 0.1) is 0 Å². The minimum absolute atomic E-state index is 0.137. The summed E-state index contributed by atoms with van der Waals surface area (Å²) in [6, 6.07) is 17.5. The maximum Gasteiger partial charge on any atom is 0.221 e. The average Bonchev–Trinajstić information content (AvgIpc) is 3.19. The summed E-state index contributed by atoms with van der Waals surface area (Å²) in [6.45, 7) is 2.05. The van der Waals surface area contributed by atoms with Crippen LogP contribution in [0.5, 0.6) is 0 Å². The molecule has 0 aliphatic heterocycles. The molecule has 0 radical (unpaired) electrons. The molecule has 2 N–H and O–H groups in total. The summed E-state index contributed by atoms with van der Waals surface area (Å²) in [4.78, 5) is 12.5. The molecule has 3 nitrogen and oxygen atoms in total. The number of fused-ring (bicyclic) bond motifs is 2. The normalized spacial score (nSPS) is 24.0. The first-order chi connectivity index (χ1) is 12.2. The number of rotatable bonds is 5. The summed E-state index contributed by atoms with van der Waals surface area (Å²) < 4.78 is 0. The standard InChI is InChI=1S/C22H26N2O/c1-2-7-21(25)24-22(15-14-17-9-4-6-11-19(17)22)23-20-13-12-16-8-3-5-10-18(16)20/h3-6,8-11,20,23H,2,7,12-15H2,1H3,(H,24,25). The number of hydrogen-bond acceptors (Lipinski definition) is 2. The van der Waals surface area contributed by atoms with Gasteiger partial charge in [-0.15, -0.1) is 0 Å². The molecule has 4 rings (SSSR count). The van der Waals surface area contributed by atoms with Crippen molar-refractivity contribution in [3.05, 3.63) is 70.8 Å². The highest BCUT2D eigenvalue weighted by atomic mass is 16.1. The lowest BCUT2D eigenvalue weighted by Gasteiger charge is -2.36. The van der Waals surface area contributed by atoms with E-state index < -0.39 is 5.66 Å². The van der Waals surface area contributed by atoms with Crippen molar-refractivity contribution in [1.82, 2.24) is 10.6 Å². The Bertz CT molecular complexity index is 785. The molecule has 0 aromatic heterocycles. The van der Waals surface area contributed by atoms with Crippen LogP contribution >= 0.6 is 0 Å². The SMILES string of the molecule is CCCC(=O)NC1(NC2CCc3ccccc32)CCc2ccccc21. The highest BCUT2D eigenvalue weighted by Crippen LogP contribution is 2.40. The van der Waals surface area contributed by atoms with Crippen molar-refractivity contribution in [2.24, 2.45) is 0 Å². The summed E-state index contributed by atoms with van der Waals surface area (Å²) in [5, 5.41) is 7.22. The van der Waals surface area contributed by atoms with Crippen LogP contribution in [0.4, 0.5) is 0 Å². The summed E-state index contributed by atoms with van der Waals surface area (Å²) >= 11 is 0. The van der Waals surface area contributed by atoms with Crippen molar-refractivity contribution in [1.29, 1.82) is 0 Å². The summed E-state index contributed by atoms with van der Waals surface area (Å²) in [6.07, 6.45) is 5.56. The summed E-state index contributed by atoms with van der Waals surface area (Å²) in [5.74, 6) is 0.137. The lowest BCUT2D eigenvalue weighted by atomic mass is 9.98. The fourth-order valence-electron chi connectivity index (χ4n) is 4.46. The molecule has 0 fully saturated rings. The molecule has 2 unspecified atom stereocenters. The molecule has 2 aliphatic rings. The maximum atomic E-state index is 12.5. The fourth-order valence-corrected chi connectivity index (χ4v) is 4.46. The van der Waals surface area contributed by atoms with Gasteiger partial charge in [0.2, 0.25) is 5.91 Å². The zero-order valence-corrected chi connectivity index (χ0v) is 14.8. The van der Waals surface area contributed by atoms with E-state index in [1.54, 1.807) is 0 Å². The molecular weight excluding hydrogens is 308 g/mol. The lowest BCUT2D eigenvalue weighted by Crippen LogP contribution is -2.55.